The Morgan fingerprint density at radius 3 is 2.64 bits per heavy atom. The quantitative estimate of drug-likeness (QED) is 0.134. The van der Waals surface area contributed by atoms with Gasteiger partial charge in [-0.25, -0.2) is 4.98 Å². The number of carbonyl (C=O) groups excluding carboxylic acids is 1. The van der Waals surface area contributed by atoms with Crippen LogP contribution in [0.1, 0.15) is 78.0 Å². The molecule has 2 fully saturated rings. The van der Waals surface area contributed by atoms with Crippen LogP contribution in [-0.2, 0) is 31.7 Å². The Kier molecular flexibility index (Phi) is 8.21. The van der Waals surface area contributed by atoms with Crippen LogP contribution in [-0.4, -0.2) is 56.7 Å². The second-order valence-corrected chi connectivity index (χ2v) is 12.9. The van der Waals surface area contributed by atoms with Gasteiger partial charge in [0.25, 0.3) is 5.91 Å². The first kappa shape index (κ1) is 30.8. The second kappa shape index (κ2) is 12.0. The predicted octanol–water partition coefficient (Wildman–Crippen LogP) is 6.06. The highest BCUT2D eigenvalue weighted by atomic mass is 19.4. The number of carbonyl (C=O) groups is 1. The lowest BCUT2D eigenvalue weighted by Gasteiger charge is -2.46. The van der Waals surface area contributed by atoms with Crippen molar-refractivity contribution in [3.05, 3.63) is 74.7 Å². The number of aromatic nitrogens is 4. The van der Waals surface area contributed by atoms with Crippen molar-refractivity contribution in [2.45, 2.75) is 64.2 Å². The number of nitrogens with zero attached hydrogens (tertiary/aromatic N) is 9. The van der Waals surface area contributed by atoms with Gasteiger partial charge in [-0.1, -0.05) is 19.0 Å². The number of nitrogens with one attached hydrogen (secondary N) is 1. The van der Waals surface area contributed by atoms with Crippen molar-refractivity contribution in [2.75, 3.05) is 36.4 Å². The summed E-state index contributed by atoms with van der Waals surface area (Å²) in [6.45, 7) is 6.51. The number of likely N-dealkylation sites (tertiary alicyclic amines) is 1. The number of alkyl halides is 3. The lowest BCUT2D eigenvalue weighted by molar-refractivity contribution is -0.138. The van der Waals surface area contributed by atoms with E-state index in [0.29, 0.717) is 29.8 Å². The highest BCUT2D eigenvalue weighted by Crippen LogP contribution is 2.52. The summed E-state index contributed by atoms with van der Waals surface area (Å²) >= 11 is 0. The average Bonchev–Trinajstić information content (AvgIpc) is 3.55. The summed E-state index contributed by atoms with van der Waals surface area (Å²) in [6.07, 6.45) is 0.695. The molecular weight excluding hydrogens is 585 g/mol. The van der Waals surface area contributed by atoms with Gasteiger partial charge in [-0.05, 0) is 90.6 Å². The van der Waals surface area contributed by atoms with Crippen molar-refractivity contribution >= 4 is 17.5 Å². The van der Waals surface area contributed by atoms with Gasteiger partial charge < -0.3 is 9.88 Å². The Morgan fingerprint density at radius 2 is 1.98 bits per heavy atom. The fourth-order valence-electron chi connectivity index (χ4n) is 7.38. The van der Waals surface area contributed by atoms with E-state index in [1.165, 1.54) is 11.0 Å². The Morgan fingerprint density at radius 1 is 1.18 bits per heavy atom. The van der Waals surface area contributed by atoms with Crippen molar-refractivity contribution in [3.63, 3.8) is 0 Å². The number of rotatable bonds is 9. The van der Waals surface area contributed by atoms with Crippen LogP contribution in [0.3, 0.4) is 0 Å². The van der Waals surface area contributed by atoms with E-state index in [-0.39, 0.29) is 36.6 Å². The van der Waals surface area contributed by atoms with E-state index in [1.54, 1.807) is 18.5 Å². The van der Waals surface area contributed by atoms with Gasteiger partial charge in [0.15, 0.2) is 0 Å². The summed E-state index contributed by atoms with van der Waals surface area (Å²) in [5.74, 6) is 1.82. The molecule has 4 heterocycles. The maximum Gasteiger partial charge on any atom is 0.416 e. The molecule has 45 heavy (non-hydrogen) atoms. The molecule has 0 bridgehead atoms. The number of piperidine rings is 1. The van der Waals surface area contributed by atoms with E-state index in [4.69, 9.17) is 5.53 Å². The summed E-state index contributed by atoms with van der Waals surface area (Å²) in [7, 11) is 1.88. The molecule has 1 aliphatic carbocycles. The molecule has 14 heteroatoms. The van der Waals surface area contributed by atoms with E-state index in [0.717, 1.165) is 50.2 Å². The molecule has 0 spiro atoms. The van der Waals surface area contributed by atoms with Crippen LogP contribution in [0.2, 0.25) is 0 Å². The highest BCUT2D eigenvalue weighted by molar-refractivity contribution is 6.10. The first-order chi connectivity index (χ1) is 21.5. The monoisotopic (exact) mass is 622 g/mol. The fraction of sp³-hybridized carbons (Fsp3) is 0.548. The lowest BCUT2D eigenvalue weighted by Crippen LogP contribution is -2.43. The zero-order valence-electron chi connectivity index (χ0n) is 25.7. The minimum Gasteiger partial charge on any atom is -0.370 e. The van der Waals surface area contributed by atoms with Crippen LogP contribution in [0.5, 0.6) is 0 Å². The van der Waals surface area contributed by atoms with Gasteiger partial charge in [0, 0.05) is 43.7 Å². The van der Waals surface area contributed by atoms with Crippen molar-refractivity contribution in [1.82, 2.24) is 24.6 Å². The van der Waals surface area contributed by atoms with Gasteiger partial charge in [-0.3, -0.25) is 14.6 Å². The van der Waals surface area contributed by atoms with Gasteiger partial charge in [0.2, 0.25) is 0 Å². The minimum absolute atomic E-state index is 0.0337. The number of benzene rings is 1. The molecule has 1 amide bonds. The number of pyridine rings is 1. The van der Waals surface area contributed by atoms with Crippen LogP contribution in [0, 0.1) is 11.8 Å². The molecule has 3 aliphatic rings. The van der Waals surface area contributed by atoms with Crippen LogP contribution in [0.25, 0.3) is 10.4 Å². The summed E-state index contributed by atoms with van der Waals surface area (Å²) in [5, 5.41) is 15.2. The summed E-state index contributed by atoms with van der Waals surface area (Å²) in [6, 6.07) is 6.52. The molecule has 2 aromatic heterocycles. The van der Waals surface area contributed by atoms with Gasteiger partial charge in [-0.2, -0.15) is 13.2 Å². The first-order valence-corrected chi connectivity index (χ1v) is 15.4. The second-order valence-electron chi connectivity index (χ2n) is 12.9. The van der Waals surface area contributed by atoms with Crippen molar-refractivity contribution in [2.24, 2.45) is 24.0 Å². The highest BCUT2D eigenvalue weighted by Gasteiger charge is 2.49. The third-order valence-corrected chi connectivity index (χ3v) is 9.31. The number of anilines is 2. The van der Waals surface area contributed by atoms with Crippen molar-refractivity contribution in [1.29, 1.82) is 0 Å². The van der Waals surface area contributed by atoms with Gasteiger partial charge in [-0.15, -0.1) is 10.2 Å². The Labute approximate surface area is 259 Å². The largest absolute Gasteiger partial charge is 0.416 e. The van der Waals surface area contributed by atoms with E-state index in [2.05, 4.69) is 49.3 Å². The molecular formula is C31H37F3N10O. The molecule has 0 unspecified atom stereocenters. The predicted molar refractivity (Wildman–Crippen MR) is 163 cm³/mol. The Bertz CT molecular complexity index is 1640. The van der Waals surface area contributed by atoms with Gasteiger partial charge in [0.05, 0.1) is 17.5 Å². The third-order valence-electron chi connectivity index (χ3n) is 9.31. The zero-order chi connectivity index (χ0) is 31.9. The SMILES string of the molecule is C[C@H]1CCCN(Cc2cc3c(c(C(F)(F)F)c2)CN(c2cc([C@]4(c5nncn5C)C[C@@H](C)C4)cc(NCCN=[N+]=[N-])n2)C3=O)C1. The average molecular weight is 623 g/mol. The molecule has 11 nitrogen and oxygen atoms in total. The summed E-state index contributed by atoms with van der Waals surface area (Å²) in [5.41, 5.74) is 8.76. The molecule has 3 aromatic rings. The summed E-state index contributed by atoms with van der Waals surface area (Å²) < 4.78 is 45.3. The van der Waals surface area contributed by atoms with E-state index >= 15 is 0 Å². The molecule has 2 aliphatic heterocycles. The normalized spacial score (nSPS) is 23.4. The molecule has 0 radical (unpaired) electrons. The zero-order valence-corrected chi connectivity index (χ0v) is 25.7. The Balaban J connectivity index is 1.39. The molecule has 1 N–H and O–H groups in total. The molecule has 1 saturated heterocycles. The van der Waals surface area contributed by atoms with Crippen LogP contribution in [0.15, 0.2) is 35.7 Å². The maximum absolute atomic E-state index is 14.5. The number of halogens is 3. The molecule has 238 valence electrons. The number of amides is 1. The van der Waals surface area contributed by atoms with Crippen LogP contribution in [0.4, 0.5) is 24.8 Å². The Hall–Kier alpha value is -4.16. The van der Waals surface area contributed by atoms with E-state index < -0.39 is 23.1 Å². The van der Waals surface area contributed by atoms with Crippen molar-refractivity contribution in [3.8, 4) is 0 Å². The number of azide groups is 1. The smallest absolute Gasteiger partial charge is 0.370 e. The van der Waals surface area contributed by atoms with Crippen LogP contribution < -0.4 is 10.2 Å². The first-order valence-electron chi connectivity index (χ1n) is 15.4. The van der Waals surface area contributed by atoms with E-state index in [1.807, 2.05) is 17.7 Å². The minimum atomic E-state index is -4.62. The lowest BCUT2D eigenvalue weighted by atomic mass is 9.58. The van der Waals surface area contributed by atoms with Gasteiger partial charge >= 0.3 is 6.18 Å². The maximum atomic E-state index is 14.5. The standard InChI is InChI=1S/C31H37F3N10O/c1-19-5-4-8-43(15-19)16-21-9-23-24(25(10-21)31(32,33)34)17-44(28(23)45)27-12-22(11-26(39-27)36-6-7-37-41-35)30(13-20(2)14-30)29-40-38-18-42(29)3/h9-12,18-20H,4-8,13-17H2,1-3H3,(H,36,39)/t19-,20-,30+/m0/s1. The summed E-state index contributed by atoms with van der Waals surface area (Å²) in [4.78, 5) is 24.9. The molecule has 1 aromatic carbocycles. The fourth-order valence-corrected chi connectivity index (χ4v) is 7.38. The number of hydrogen-bond acceptors (Lipinski definition) is 7. The topological polar surface area (TPSA) is 128 Å². The number of hydrogen-bond donors (Lipinski definition) is 1. The third kappa shape index (κ3) is 5.96. The molecule has 1 saturated carbocycles. The molecule has 6 rings (SSSR count). The number of aryl methyl sites for hydroxylation is 1. The van der Waals surface area contributed by atoms with Crippen molar-refractivity contribution < 1.29 is 18.0 Å². The van der Waals surface area contributed by atoms with E-state index in [9.17, 15) is 18.0 Å². The molecule has 1 atom stereocenters. The van der Waals surface area contributed by atoms with Crippen LogP contribution >= 0.6 is 0 Å². The van der Waals surface area contributed by atoms with Gasteiger partial charge in [0.1, 0.15) is 23.8 Å². The number of fused-ring (bicyclic) bond motifs is 1.